The van der Waals surface area contributed by atoms with Crippen LogP contribution in [-0.4, -0.2) is 29.4 Å². The normalized spacial score (nSPS) is 12.3. The molecule has 1 aromatic rings. The summed E-state index contributed by atoms with van der Waals surface area (Å²) < 4.78 is 13.3. The molecule has 100 valence electrons. The van der Waals surface area contributed by atoms with E-state index in [0.717, 1.165) is 6.42 Å². The van der Waals surface area contributed by atoms with Crippen LogP contribution >= 0.6 is 11.8 Å². The molecule has 0 amide bonds. The van der Waals surface area contributed by atoms with Crippen molar-refractivity contribution in [2.24, 2.45) is 0 Å². The minimum atomic E-state index is -0.849. The van der Waals surface area contributed by atoms with Crippen molar-refractivity contribution in [3.05, 3.63) is 30.1 Å². The number of hydrogen-bond acceptors (Lipinski definition) is 3. The van der Waals surface area contributed by atoms with E-state index in [1.807, 2.05) is 6.92 Å². The zero-order valence-corrected chi connectivity index (χ0v) is 11.2. The van der Waals surface area contributed by atoms with Crippen molar-refractivity contribution < 1.29 is 14.3 Å². The molecule has 0 spiro atoms. The van der Waals surface area contributed by atoms with Gasteiger partial charge in [0.15, 0.2) is 0 Å². The quantitative estimate of drug-likeness (QED) is 0.714. The Bertz CT molecular complexity index is 387. The Morgan fingerprint density at radius 2 is 2.22 bits per heavy atom. The molecular weight excluding hydrogens is 253 g/mol. The van der Waals surface area contributed by atoms with E-state index < -0.39 is 12.0 Å². The maximum atomic E-state index is 13.3. The summed E-state index contributed by atoms with van der Waals surface area (Å²) in [5.74, 6) is -0.525. The van der Waals surface area contributed by atoms with Crippen molar-refractivity contribution in [1.29, 1.82) is 0 Å². The van der Waals surface area contributed by atoms with Gasteiger partial charge in [-0.15, -0.1) is 11.8 Å². The van der Waals surface area contributed by atoms with Crippen LogP contribution in [0.2, 0.25) is 0 Å². The highest BCUT2D eigenvalue weighted by Crippen LogP contribution is 2.22. The van der Waals surface area contributed by atoms with Crippen LogP contribution in [0.1, 0.15) is 19.8 Å². The van der Waals surface area contributed by atoms with E-state index in [4.69, 9.17) is 5.11 Å². The Balaban J connectivity index is 2.39. The number of rotatable bonds is 8. The Labute approximate surface area is 111 Å². The van der Waals surface area contributed by atoms with Crippen LogP contribution < -0.4 is 5.32 Å². The van der Waals surface area contributed by atoms with E-state index in [-0.39, 0.29) is 5.82 Å². The summed E-state index contributed by atoms with van der Waals surface area (Å²) in [7, 11) is 0. The lowest BCUT2D eigenvalue weighted by Gasteiger charge is -2.13. The number of carboxylic acids is 1. The lowest BCUT2D eigenvalue weighted by molar-refractivity contribution is -0.139. The molecule has 0 aliphatic heterocycles. The molecule has 5 heteroatoms. The van der Waals surface area contributed by atoms with Crippen molar-refractivity contribution in [2.75, 3.05) is 12.3 Å². The molecule has 1 rings (SSSR count). The lowest BCUT2D eigenvalue weighted by Crippen LogP contribution is -2.37. The van der Waals surface area contributed by atoms with Gasteiger partial charge in [-0.05, 0) is 31.5 Å². The van der Waals surface area contributed by atoms with Gasteiger partial charge in [0.25, 0.3) is 0 Å². The Hall–Kier alpha value is -1.07. The third kappa shape index (κ3) is 5.06. The zero-order chi connectivity index (χ0) is 13.4. The summed E-state index contributed by atoms with van der Waals surface area (Å²) >= 11 is 1.35. The van der Waals surface area contributed by atoms with Crippen molar-refractivity contribution in [2.45, 2.75) is 30.7 Å². The Kier molecular flexibility index (Phi) is 6.75. The topological polar surface area (TPSA) is 49.3 Å². The average Bonchev–Trinajstić information content (AvgIpc) is 2.35. The fourth-order valence-electron chi connectivity index (χ4n) is 1.48. The van der Waals surface area contributed by atoms with Crippen LogP contribution in [0.5, 0.6) is 0 Å². The highest BCUT2D eigenvalue weighted by Gasteiger charge is 2.15. The van der Waals surface area contributed by atoms with Crippen molar-refractivity contribution in [3.63, 3.8) is 0 Å². The van der Waals surface area contributed by atoms with E-state index in [0.29, 0.717) is 23.6 Å². The monoisotopic (exact) mass is 271 g/mol. The largest absolute Gasteiger partial charge is 0.480 e. The molecule has 0 aliphatic carbocycles. The summed E-state index contributed by atoms with van der Waals surface area (Å²) in [5.41, 5.74) is 0. The van der Waals surface area contributed by atoms with Crippen molar-refractivity contribution >= 4 is 17.7 Å². The molecule has 1 aromatic carbocycles. The van der Waals surface area contributed by atoms with Crippen LogP contribution in [0.15, 0.2) is 29.2 Å². The number of thioether (sulfide) groups is 1. The third-order valence-electron chi connectivity index (χ3n) is 2.44. The maximum Gasteiger partial charge on any atom is 0.320 e. The first-order valence-corrected chi connectivity index (χ1v) is 6.97. The Morgan fingerprint density at radius 1 is 1.50 bits per heavy atom. The van der Waals surface area contributed by atoms with Gasteiger partial charge in [0.1, 0.15) is 11.9 Å². The smallest absolute Gasteiger partial charge is 0.320 e. The molecule has 2 N–H and O–H groups in total. The molecular formula is C13H18FNO2S. The van der Waals surface area contributed by atoms with Crippen LogP contribution in [0.3, 0.4) is 0 Å². The first kappa shape index (κ1) is 15.0. The zero-order valence-electron chi connectivity index (χ0n) is 10.4. The maximum absolute atomic E-state index is 13.3. The lowest BCUT2D eigenvalue weighted by atomic mass is 10.2. The second-order valence-corrected chi connectivity index (χ2v) is 5.05. The molecule has 0 fully saturated rings. The van der Waals surface area contributed by atoms with Gasteiger partial charge in [-0.25, -0.2) is 4.39 Å². The molecule has 0 saturated carbocycles. The predicted molar refractivity (Wildman–Crippen MR) is 71.5 cm³/mol. The number of halogens is 1. The molecule has 0 aromatic heterocycles. The number of nitrogens with one attached hydrogen (secondary N) is 1. The molecule has 1 atom stereocenters. The van der Waals surface area contributed by atoms with Gasteiger partial charge < -0.3 is 10.4 Å². The van der Waals surface area contributed by atoms with Gasteiger partial charge in [-0.3, -0.25) is 4.79 Å². The molecule has 0 heterocycles. The van der Waals surface area contributed by atoms with Crippen molar-refractivity contribution in [3.8, 4) is 0 Å². The third-order valence-corrected chi connectivity index (χ3v) is 3.52. The van der Waals surface area contributed by atoms with Gasteiger partial charge in [-0.1, -0.05) is 19.1 Å². The molecule has 0 radical (unpaired) electrons. The summed E-state index contributed by atoms with van der Waals surface area (Å²) in [4.78, 5) is 11.5. The van der Waals surface area contributed by atoms with Crippen LogP contribution in [0, 0.1) is 5.82 Å². The predicted octanol–water partition coefficient (Wildman–Crippen LogP) is 2.76. The van der Waals surface area contributed by atoms with E-state index in [1.54, 1.807) is 18.2 Å². The summed E-state index contributed by atoms with van der Waals surface area (Å²) in [6, 6.07) is 5.98. The molecule has 3 nitrogen and oxygen atoms in total. The average molecular weight is 271 g/mol. The van der Waals surface area contributed by atoms with Gasteiger partial charge in [-0.2, -0.15) is 0 Å². The first-order chi connectivity index (χ1) is 8.65. The van der Waals surface area contributed by atoms with Crippen LogP contribution in [0.4, 0.5) is 4.39 Å². The van der Waals surface area contributed by atoms with Crippen LogP contribution in [0.25, 0.3) is 0 Å². The second-order valence-electron chi connectivity index (χ2n) is 3.91. The molecule has 0 aliphatic rings. The van der Waals surface area contributed by atoms with E-state index in [1.165, 1.54) is 17.8 Å². The number of hydrogen-bond donors (Lipinski definition) is 2. The first-order valence-electron chi connectivity index (χ1n) is 5.98. The van der Waals surface area contributed by atoms with Gasteiger partial charge in [0.2, 0.25) is 0 Å². The van der Waals surface area contributed by atoms with Crippen LogP contribution in [-0.2, 0) is 4.79 Å². The minimum absolute atomic E-state index is 0.254. The van der Waals surface area contributed by atoms with E-state index in [9.17, 15) is 9.18 Å². The van der Waals surface area contributed by atoms with Gasteiger partial charge >= 0.3 is 5.97 Å². The fourth-order valence-corrected chi connectivity index (χ4v) is 2.43. The fraction of sp³-hybridized carbons (Fsp3) is 0.462. The summed E-state index contributed by atoms with van der Waals surface area (Å²) in [5, 5.41) is 12.0. The van der Waals surface area contributed by atoms with Gasteiger partial charge in [0, 0.05) is 10.6 Å². The second kappa shape index (κ2) is 8.11. The van der Waals surface area contributed by atoms with Gasteiger partial charge in [0.05, 0.1) is 0 Å². The molecule has 1 unspecified atom stereocenters. The highest BCUT2D eigenvalue weighted by atomic mass is 32.2. The SMILES string of the molecule is CCCNC(CCSc1ccccc1F)C(=O)O. The molecule has 0 bridgehead atoms. The number of aliphatic carboxylic acids is 1. The molecule has 18 heavy (non-hydrogen) atoms. The highest BCUT2D eigenvalue weighted by molar-refractivity contribution is 7.99. The number of benzene rings is 1. The summed E-state index contributed by atoms with van der Waals surface area (Å²) in [6.07, 6.45) is 1.37. The van der Waals surface area contributed by atoms with E-state index in [2.05, 4.69) is 5.32 Å². The minimum Gasteiger partial charge on any atom is -0.480 e. The van der Waals surface area contributed by atoms with Crippen molar-refractivity contribution in [1.82, 2.24) is 5.32 Å². The molecule has 0 saturated heterocycles. The Morgan fingerprint density at radius 3 is 2.83 bits per heavy atom. The standard InChI is InChI=1S/C13H18FNO2S/c1-2-8-15-11(13(16)17)7-9-18-12-6-4-3-5-10(12)14/h3-6,11,15H,2,7-9H2,1H3,(H,16,17). The summed E-state index contributed by atoms with van der Waals surface area (Å²) in [6.45, 7) is 2.67. The number of carbonyl (C=O) groups is 1. The number of carboxylic acid groups (broad SMARTS) is 1. The van der Waals surface area contributed by atoms with E-state index >= 15 is 0 Å².